The minimum atomic E-state index is -0.683. The molecule has 2 nitrogen and oxygen atoms in total. The van der Waals surface area contributed by atoms with Gasteiger partial charge < -0.3 is 5.73 Å². The van der Waals surface area contributed by atoms with Crippen molar-refractivity contribution in [1.29, 1.82) is 0 Å². The molecule has 0 atom stereocenters. The van der Waals surface area contributed by atoms with Crippen LogP contribution in [0.15, 0.2) is 17.5 Å². The van der Waals surface area contributed by atoms with Gasteiger partial charge in [-0.05, 0) is 31.7 Å². The van der Waals surface area contributed by atoms with Gasteiger partial charge in [0.1, 0.15) is 0 Å². The Morgan fingerprint density at radius 3 is 2.77 bits per heavy atom. The number of nitrogens with two attached hydrogens (primary N) is 1. The second-order valence-electron chi connectivity index (χ2n) is 3.72. The van der Waals surface area contributed by atoms with Gasteiger partial charge in [0.25, 0.3) is 0 Å². The summed E-state index contributed by atoms with van der Waals surface area (Å²) < 4.78 is 0. The van der Waals surface area contributed by atoms with E-state index in [1.807, 2.05) is 17.5 Å². The largest absolute Gasteiger partial charge is 0.319 e. The average molecular weight is 197 g/mol. The van der Waals surface area contributed by atoms with Crippen LogP contribution in [0.4, 0.5) is 0 Å². The number of Topliss-reactive ketones (excluding diaryl/α,β-unsaturated/α-hetero) is 1. The Hall–Kier alpha value is -0.670. The van der Waals surface area contributed by atoms with E-state index in [2.05, 4.69) is 0 Å². The summed E-state index contributed by atoms with van der Waals surface area (Å²) in [7, 11) is 0. The van der Waals surface area contributed by atoms with E-state index < -0.39 is 5.54 Å². The summed E-state index contributed by atoms with van der Waals surface area (Å²) in [5.41, 5.74) is 4.99. The minimum absolute atomic E-state index is 0.126. The summed E-state index contributed by atoms with van der Waals surface area (Å²) in [6.45, 7) is 3.51. The van der Waals surface area contributed by atoms with Gasteiger partial charge in [0, 0.05) is 11.3 Å². The number of carbonyl (C=O) groups excluding carboxylic acids is 1. The molecule has 1 heterocycles. The van der Waals surface area contributed by atoms with Crippen LogP contribution in [0.2, 0.25) is 0 Å². The Balaban J connectivity index is 2.40. The summed E-state index contributed by atoms with van der Waals surface area (Å²) in [5, 5.41) is 2.02. The fourth-order valence-corrected chi connectivity index (χ4v) is 1.72. The summed E-state index contributed by atoms with van der Waals surface area (Å²) >= 11 is 1.68. The zero-order valence-electron chi connectivity index (χ0n) is 8.04. The lowest BCUT2D eigenvalue weighted by Gasteiger charge is -2.15. The molecular weight excluding hydrogens is 182 g/mol. The van der Waals surface area contributed by atoms with Gasteiger partial charge in [0.2, 0.25) is 0 Å². The van der Waals surface area contributed by atoms with Crippen LogP contribution < -0.4 is 5.73 Å². The zero-order chi connectivity index (χ0) is 9.90. The molecule has 0 radical (unpaired) electrons. The van der Waals surface area contributed by atoms with Crippen molar-refractivity contribution in [1.82, 2.24) is 0 Å². The number of carbonyl (C=O) groups is 1. The second kappa shape index (κ2) is 4.03. The Morgan fingerprint density at radius 2 is 2.31 bits per heavy atom. The lowest BCUT2D eigenvalue weighted by molar-refractivity contribution is -0.123. The third-order valence-electron chi connectivity index (χ3n) is 1.90. The number of ketones is 1. The van der Waals surface area contributed by atoms with Gasteiger partial charge in [0.05, 0.1) is 5.54 Å². The average Bonchev–Trinajstić information content (AvgIpc) is 2.50. The Bertz CT molecular complexity index is 272. The van der Waals surface area contributed by atoms with Crippen LogP contribution in [0.3, 0.4) is 0 Å². The molecule has 0 aliphatic rings. The normalized spacial score (nSPS) is 11.6. The lowest BCUT2D eigenvalue weighted by Crippen LogP contribution is -2.41. The van der Waals surface area contributed by atoms with Crippen molar-refractivity contribution < 1.29 is 4.79 Å². The molecule has 13 heavy (non-hydrogen) atoms. The van der Waals surface area contributed by atoms with E-state index in [1.165, 1.54) is 4.88 Å². The molecule has 0 saturated carbocycles. The first-order valence-electron chi connectivity index (χ1n) is 4.35. The maximum atomic E-state index is 11.4. The van der Waals surface area contributed by atoms with E-state index in [-0.39, 0.29) is 5.78 Å². The Kier molecular flexibility index (Phi) is 3.22. The molecule has 3 heteroatoms. The molecule has 0 unspecified atom stereocenters. The summed E-state index contributed by atoms with van der Waals surface area (Å²) in [6, 6.07) is 4.04. The predicted molar refractivity (Wildman–Crippen MR) is 55.9 cm³/mol. The summed E-state index contributed by atoms with van der Waals surface area (Å²) in [6.07, 6.45) is 1.36. The second-order valence-corrected chi connectivity index (χ2v) is 4.76. The maximum absolute atomic E-state index is 11.4. The van der Waals surface area contributed by atoms with Crippen molar-refractivity contribution >= 4 is 17.1 Å². The number of thiophene rings is 1. The third kappa shape index (κ3) is 3.28. The zero-order valence-corrected chi connectivity index (χ0v) is 8.86. The van der Waals surface area contributed by atoms with Gasteiger partial charge in [-0.1, -0.05) is 6.07 Å². The van der Waals surface area contributed by atoms with Gasteiger partial charge in [0.15, 0.2) is 5.78 Å². The SMILES string of the molecule is CC(C)(N)C(=O)CCc1cccs1. The molecule has 2 N–H and O–H groups in total. The van der Waals surface area contributed by atoms with Gasteiger partial charge in [-0.3, -0.25) is 4.79 Å². The molecular formula is C10H15NOS. The van der Waals surface area contributed by atoms with Crippen LogP contribution in [0.5, 0.6) is 0 Å². The molecule has 1 aromatic heterocycles. The van der Waals surface area contributed by atoms with Crippen LogP contribution in [-0.2, 0) is 11.2 Å². The molecule has 72 valence electrons. The van der Waals surface area contributed by atoms with Gasteiger partial charge in [-0.15, -0.1) is 11.3 Å². The molecule has 0 aliphatic carbocycles. The number of hydrogen-bond acceptors (Lipinski definition) is 3. The van der Waals surface area contributed by atoms with Gasteiger partial charge in [-0.2, -0.15) is 0 Å². The lowest BCUT2D eigenvalue weighted by atomic mass is 9.97. The minimum Gasteiger partial charge on any atom is -0.319 e. The standard InChI is InChI=1S/C10H15NOS/c1-10(2,11)9(12)6-5-8-4-3-7-13-8/h3-4,7H,5-6,11H2,1-2H3. The summed E-state index contributed by atoms with van der Waals surface area (Å²) in [4.78, 5) is 12.7. The van der Waals surface area contributed by atoms with Crippen LogP contribution in [0.25, 0.3) is 0 Å². The topological polar surface area (TPSA) is 43.1 Å². The molecule has 1 rings (SSSR count). The fourth-order valence-electron chi connectivity index (χ4n) is 1.01. The molecule has 0 aromatic carbocycles. The van der Waals surface area contributed by atoms with E-state index in [9.17, 15) is 4.79 Å². The van der Waals surface area contributed by atoms with Crippen molar-refractivity contribution in [2.24, 2.45) is 5.73 Å². The number of rotatable bonds is 4. The van der Waals surface area contributed by atoms with Crippen LogP contribution in [0, 0.1) is 0 Å². The van der Waals surface area contributed by atoms with Crippen molar-refractivity contribution in [3.8, 4) is 0 Å². The molecule has 1 aromatic rings. The van der Waals surface area contributed by atoms with Gasteiger partial charge in [-0.25, -0.2) is 0 Å². The smallest absolute Gasteiger partial charge is 0.152 e. The van der Waals surface area contributed by atoms with Crippen molar-refractivity contribution in [2.45, 2.75) is 32.2 Å². The van der Waals surface area contributed by atoms with Crippen molar-refractivity contribution in [2.75, 3.05) is 0 Å². The molecule has 0 spiro atoms. The van der Waals surface area contributed by atoms with E-state index in [1.54, 1.807) is 25.2 Å². The van der Waals surface area contributed by atoms with E-state index in [0.29, 0.717) is 6.42 Å². The number of hydrogen-bond donors (Lipinski definition) is 1. The predicted octanol–water partition coefficient (Wildman–Crippen LogP) is 1.99. The first-order chi connectivity index (χ1) is 6.00. The molecule has 0 aliphatic heterocycles. The van der Waals surface area contributed by atoms with E-state index in [4.69, 9.17) is 5.73 Å². The molecule has 0 fully saturated rings. The monoisotopic (exact) mass is 197 g/mol. The first kappa shape index (κ1) is 10.4. The fraction of sp³-hybridized carbons (Fsp3) is 0.500. The Labute approximate surface area is 82.8 Å². The van der Waals surface area contributed by atoms with Crippen LogP contribution in [0.1, 0.15) is 25.1 Å². The van der Waals surface area contributed by atoms with Gasteiger partial charge >= 0.3 is 0 Å². The molecule has 0 bridgehead atoms. The molecule has 0 amide bonds. The quantitative estimate of drug-likeness (QED) is 0.802. The van der Waals surface area contributed by atoms with Crippen LogP contribution in [-0.4, -0.2) is 11.3 Å². The highest BCUT2D eigenvalue weighted by molar-refractivity contribution is 7.09. The highest BCUT2D eigenvalue weighted by Gasteiger charge is 2.20. The van der Waals surface area contributed by atoms with E-state index >= 15 is 0 Å². The van der Waals surface area contributed by atoms with Crippen LogP contribution >= 0.6 is 11.3 Å². The first-order valence-corrected chi connectivity index (χ1v) is 5.22. The highest BCUT2D eigenvalue weighted by atomic mass is 32.1. The van der Waals surface area contributed by atoms with Crippen molar-refractivity contribution in [3.63, 3.8) is 0 Å². The highest BCUT2D eigenvalue weighted by Crippen LogP contribution is 2.13. The Morgan fingerprint density at radius 1 is 1.62 bits per heavy atom. The van der Waals surface area contributed by atoms with Crippen molar-refractivity contribution in [3.05, 3.63) is 22.4 Å². The summed E-state index contributed by atoms with van der Waals surface area (Å²) in [5.74, 6) is 0.126. The third-order valence-corrected chi connectivity index (χ3v) is 2.83. The van der Waals surface area contributed by atoms with E-state index in [0.717, 1.165) is 6.42 Å². The maximum Gasteiger partial charge on any atom is 0.152 e. The molecule has 0 saturated heterocycles. The number of aryl methyl sites for hydroxylation is 1.